The van der Waals surface area contributed by atoms with E-state index in [9.17, 15) is 4.79 Å². The molecule has 1 aromatic rings. The molecule has 0 unspecified atom stereocenters. The average molecular weight is 309 g/mol. The minimum atomic E-state index is -0.429. The molecular formula is C15H27N5O2. The van der Waals surface area contributed by atoms with Crippen LogP contribution < -0.4 is 16.4 Å². The maximum absolute atomic E-state index is 10.6. The van der Waals surface area contributed by atoms with Crippen LogP contribution in [0, 0.1) is 6.92 Å². The number of ether oxygens (including phenoxy) is 1. The minimum absolute atomic E-state index is 0.429. The molecule has 7 heteroatoms. The number of rotatable bonds is 3. The number of carbonyl (C=O) groups excluding carboxylic acids is 1. The molecule has 0 aliphatic carbocycles. The monoisotopic (exact) mass is 309 g/mol. The topological polar surface area (TPSA) is 78.0 Å². The Hall–Kier alpha value is -2.28. The van der Waals surface area contributed by atoms with E-state index in [0.29, 0.717) is 13.0 Å². The highest BCUT2D eigenvalue weighted by Crippen LogP contribution is 1.93. The molecule has 2 rings (SSSR count). The number of hydrogen-bond acceptors (Lipinski definition) is 6. The second-order valence-electron chi connectivity index (χ2n) is 4.13. The fraction of sp³-hybridized carbons (Fsp3) is 0.467. The van der Waals surface area contributed by atoms with Crippen molar-refractivity contribution in [1.82, 2.24) is 21.4 Å². The first-order valence-corrected chi connectivity index (χ1v) is 7.28. The van der Waals surface area contributed by atoms with Crippen LogP contribution in [0.3, 0.4) is 0 Å². The molecule has 0 atom stereocenters. The number of amides is 1. The van der Waals surface area contributed by atoms with E-state index < -0.39 is 6.09 Å². The van der Waals surface area contributed by atoms with Gasteiger partial charge in [0.25, 0.3) is 0 Å². The van der Waals surface area contributed by atoms with Gasteiger partial charge in [-0.25, -0.2) is 10.3 Å². The van der Waals surface area contributed by atoms with Gasteiger partial charge in [0.05, 0.1) is 7.11 Å². The second kappa shape index (κ2) is 12.5. The maximum atomic E-state index is 10.6. The van der Waals surface area contributed by atoms with Crippen LogP contribution in [0.2, 0.25) is 0 Å². The Balaban J connectivity index is 0.000000412. The van der Waals surface area contributed by atoms with Crippen LogP contribution in [0.15, 0.2) is 35.4 Å². The number of hydrogen-bond donors (Lipinski definition) is 3. The molecule has 0 saturated carbocycles. The normalized spacial score (nSPS) is 11.9. The molecule has 3 N–H and O–H groups in total. The smallest absolute Gasteiger partial charge is 0.406 e. The number of nitrogens with one attached hydrogen (secondary N) is 3. The summed E-state index contributed by atoms with van der Waals surface area (Å²) < 4.78 is 4.41. The zero-order valence-corrected chi connectivity index (χ0v) is 14.0. The van der Waals surface area contributed by atoms with Gasteiger partial charge in [-0.1, -0.05) is 49.7 Å². The summed E-state index contributed by atoms with van der Waals surface area (Å²) in [7, 11) is 3.16. The lowest BCUT2D eigenvalue weighted by atomic mass is 10.2. The van der Waals surface area contributed by atoms with Crippen LogP contribution in [0.5, 0.6) is 0 Å². The Labute approximate surface area is 132 Å². The zero-order chi connectivity index (χ0) is 16.8. The number of benzene rings is 1. The molecule has 1 aliphatic rings. The summed E-state index contributed by atoms with van der Waals surface area (Å²) in [6.45, 7) is 6.58. The average Bonchev–Trinajstić information content (AvgIpc) is 2.96. The standard InChI is InChI=1S/C7H8.C6H13N5O2.C2H6/c1-7-5-3-2-4-6-7;1-11-5(8-9-10-11)3-4-7-6(12)13-2;1-2/h2-6H,1H3;9-10H,3-4H2,1-2H3,(H,7,12);1-2H3. The van der Waals surface area contributed by atoms with Gasteiger partial charge in [-0.2, -0.15) is 0 Å². The van der Waals surface area contributed by atoms with Crippen molar-refractivity contribution >= 4 is 11.9 Å². The highest BCUT2D eigenvalue weighted by molar-refractivity contribution is 5.82. The van der Waals surface area contributed by atoms with Crippen molar-refractivity contribution < 1.29 is 9.53 Å². The molecule has 7 nitrogen and oxygen atoms in total. The predicted octanol–water partition coefficient (Wildman–Crippen LogP) is 2.02. The van der Waals surface area contributed by atoms with E-state index in [0.717, 1.165) is 5.84 Å². The summed E-state index contributed by atoms with van der Waals surface area (Å²) in [5.74, 6) is 0.830. The molecule has 1 heterocycles. The number of methoxy groups -OCH3 is 1. The fourth-order valence-corrected chi connectivity index (χ4v) is 1.41. The third kappa shape index (κ3) is 8.80. The molecule has 0 fully saturated rings. The highest BCUT2D eigenvalue weighted by Gasteiger charge is 2.11. The first kappa shape index (κ1) is 19.7. The van der Waals surface area contributed by atoms with Gasteiger partial charge in [0.1, 0.15) is 5.84 Å². The van der Waals surface area contributed by atoms with Gasteiger partial charge in [-0.3, -0.25) is 5.01 Å². The summed E-state index contributed by atoms with van der Waals surface area (Å²) >= 11 is 0. The quantitative estimate of drug-likeness (QED) is 0.796. The second-order valence-corrected chi connectivity index (χ2v) is 4.13. The molecular weight excluding hydrogens is 282 g/mol. The Kier molecular flexibility index (Phi) is 11.2. The number of amidine groups is 1. The molecule has 22 heavy (non-hydrogen) atoms. The van der Waals surface area contributed by atoms with Gasteiger partial charge in [-0.05, 0) is 6.92 Å². The third-order valence-electron chi connectivity index (χ3n) is 2.53. The van der Waals surface area contributed by atoms with Crippen molar-refractivity contribution in [3.8, 4) is 0 Å². The number of aryl methyl sites for hydroxylation is 1. The molecule has 0 radical (unpaired) electrons. The van der Waals surface area contributed by atoms with E-state index in [1.807, 2.05) is 39.1 Å². The van der Waals surface area contributed by atoms with Crippen LogP contribution in [-0.4, -0.2) is 37.6 Å². The lowest BCUT2D eigenvalue weighted by molar-refractivity contribution is 0.171. The lowest BCUT2D eigenvalue weighted by Gasteiger charge is -2.11. The SMILES string of the molecule is CC.COC(=O)NCCC1=NNNN1C.Cc1ccccc1. The fourth-order valence-electron chi connectivity index (χ4n) is 1.41. The van der Waals surface area contributed by atoms with E-state index in [1.54, 1.807) is 5.01 Å². The molecule has 0 saturated heterocycles. The van der Waals surface area contributed by atoms with Crippen LogP contribution in [0.4, 0.5) is 4.79 Å². The number of hydrazine groups is 2. The van der Waals surface area contributed by atoms with Gasteiger partial charge in [0, 0.05) is 20.0 Å². The van der Waals surface area contributed by atoms with Gasteiger partial charge in [0.15, 0.2) is 0 Å². The van der Waals surface area contributed by atoms with Crippen molar-refractivity contribution in [3.05, 3.63) is 35.9 Å². The Morgan fingerprint density at radius 3 is 2.36 bits per heavy atom. The van der Waals surface area contributed by atoms with Crippen molar-refractivity contribution in [2.45, 2.75) is 27.2 Å². The first-order valence-electron chi connectivity index (χ1n) is 7.28. The lowest BCUT2D eigenvalue weighted by Crippen LogP contribution is -2.38. The number of hydrazone groups is 1. The Morgan fingerprint density at radius 1 is 1.32 bits per heavy atom. The minimum Gasteiger partial charge on any atom is -0.453 e. The third-order valence-corrected chi connectivity index (χ3v) is 2.53. The molecule has 124 valence electrons. The van der Waals surface area contributed by atoms with Gasteiger partial charge < -0.3 is 10.1 Å². The van der Waals surface area contributed by atoms with Crippen molar-refractivity contribution in [3.63, 3.8) is 0 Å². The van der Waals surface area contributed by atoms with E-state index in [1.165, 1.54) is 12.7 Å². The molecule has 0 bridgehead atoms. The molecule has 1 aromatic carbocycles. The van der Waals surface area contributed by atoms with Gasteiger partial charge in [-0.15, -0.1) is 10.6 Å². The molecule has 1 aliphatic heterocycles. The summed E-state index contributed by atoms with van der Waals surface area (Å²) in [6, 6.07) is 10.3. The van der Waals surface area contributed by atoms with E-state index in [-0.39, 0.29) is 0 Å². The Morgan fingerprint density at radius 2 is 1.95 bits per heavy atom. The summed E-state index contributed by atoms with van der Waals surface area (Å²) in [6.07, 6.45) is 0.216. The maximum Gasteiger partial charge on any atom is 0.406 e. The van der Waals surface area contributed by atoms with Crippen LogP contribution in [0.1, 0.15) is 25.8 Å². The highest BCUT2D eigenvalue weighted by atomic mass is 16.5. The molecule has 0 aromatic heterocycles. The summed E-state index contributed by atoms with van der Waals surface area (Å²) in [5.41, 5.74) is 6.67. The molecule has 1 amide bonds. The summed E-state index contributed by atoms with van der Waals surface area (Å²) in [5, 5.41) is 8.22. The van der Waals surface area contributed by atoms with Crippen LogP contribution in [0.25, 0.3) is 0 Å². The van der Waals surface area contributed by atoms with Crippen LogP contribution >= 0.6 is 0 Å². The Bertz CT molecular complexity index is 437. The zero-order valence-electron chi connectivity index (χ0n) is 14.0. The summed E-state index contributed by atoms with van der Waals surface area (Å²) in [4.78, 5) is 10.6. The number of alkyl carbamates (subject to hydrolysis) is 1. The number of nitrogens with zero attached hydrogens (tertiary/aromatic N) is 2. The largest absolute Gasteiger partial charge is 0.453 e. The molecule has 0 spiro atoms. The van der Waals surface area contributed by atoms with E-state index >= 15 is 0 Å². The van der Waals surface area contributed by atoms with Crippen molar-refractivity contribution in [2.24, 2.45) is 5.10 Å². The van der Waals surface area contributed by atoms with Crippen LogP contribution in [-0.2, 0) is 4.74 Å². The van der Waals surface area contributed by atoms with Gasteiger partial charge in [0.2, 0.25) is 0 Å². The van der Waals surface area contributed by atoms with Crippen molar-refractivity contribution in [2.75, 3.05) is 20.7 Å². The van der Waals surface area contributed by atoms with E-state index in [2.05, 4.69) is 45.3 Å². The first-order chi connectivity index (χ1) is 10.6. The van der Waals surface area contributed by atoms with E-state index in [4.69, 9.17) is 0 Å². The number of carbonyl (C=O) groups is 1. The van der Waals surface area contributed by atoms with Gasteiger partial charge >= 0.3 is 6.09 Å². The predicted molar refractivity (Wildman–Crippen MR) is 89.0 cm³/mol. The van der Waals surface area contributed by atoms with Crippen molar-refractivity contribution in [1.29, 1.82) is 0 Å².